The Balaban J connectivity index is 2.01. The van der Waals surface area contributed by atoms with Gasteiger partial charge >= 0.3 is 0 Å². The lowest BCUT2D eigenvalue weighted by Gasteiger charge is -2.41. The van der Waals surface area contributed by atoms with Crippen LogP contribution in [0, 0.1) is 0 Å². The number of benzene rings is 1. The molecule has 1 saturated heterocycles. The number of nitrogens with two attached hydrogens (primary N) is 4. The quantitative estimate of drug-likeness (QED) is 0.0802. The van der Waals surface area contributed by atoms with Crippen molar-refractivity contribution >= 4 is 32.5 Å². The average molecular weight is 546 g/mol. The predicted octanol–water partition coefficient (Wildman–Crippen LogP) is -1.76. The van der Waals surface area contributed by atoms with E-state index in [0.29, 0.717) is 43.7 Å². The molecule has 11 N–H and O–H groups in total. The van der Waals surface area contributed by atoms with Gasteiger partial charge < -0.3 is 43.8 Å². The molecule has 208 valence electrons. The average Bonchev–Trinajstić information content (AvgIpc) is 2.89. The molecular formula is C25H40N9O3P. The van der Waals surface area contributed by atoms with Crippen LogP contribution in [0.25, 0.3) is 0 Å². The minimum atomic E-state index is -0.889. The zero-order chi connectivity index (χ0) is 28.3. The van der Waals surface area contributed by atoms with Crippen LogP contribution in [0.3, 0.4) is 0 Å². The monoisotopic (exact) mass is 545 g/mol. The standard InChI is InChI=1S/C25H40N9O3P/c1-16(19(32-21(35)13-26)12-18-6-4-3-5-7-18)30-15-22(36)33-20(14-31-24(27)28)17(2)34-10-8-25(29,9-11-34)23(37)38/h3-7,19-20,30H,1-2,8-15,26,29,38H2,(H,32,35)(H,33,36)(H4,27,28,31). The van der Waals surface area contributed by atoms with Gasteiger partial charge in [0.1, 0.15) is 0 Å². The normalized spacial score (nSPS) is 15.9. The molecule has 1 aromatic rings. The summed E-state index contributed by atoms with van der Waals surface area (Å²) in [5.74, 6) is -0.800. The third kappa shape index (κ3) is 9.44. The second-order valence-electron chi connectivity index (χ2n) is 9.28. The Hall–Kier alpha value is -3.47. The summed E-state index contributed by atoms with van der Waals surface area (Å²) in [6, 6.07) is 8.52. The van der Waals surface area contributed by atoms with Gasteiger partial charge in [-0.3, -0.25) is 19.4 Å². The zero-order valence-electron chi connectivity index (χ0n) is 21.6. The Morgan fingerprint density at radius 3 is 2.21 bits per heavy atom. The van der Waals surface area contributed by atoms with Crippen molar-refractivity contribution in [3.05, 3.63) is 60.4 Å². The lowest BCUT2D eigenvalue weighted by molar-refractivity contribution is -0.120. The minimum Gasteiger partial charge on any atom is -0.378 e. The molecule has 0 spiro atoms. The van der Waals surface area contributed by atoms with Crippen molar-refractivity contribution in [2.75, 3.05) is 32.7 Å². The van der Waals surface area contributed by atoms with Crippen LogP contribution in [0.5, 0.6) is 0 Å². The fraction of sp³-hybridized carbons (Fsp3) is 0.440. The molecule has 12 nitrogen and oxygen atoms in total. The van der Waals surface area contributed by atoms with Gasteiger partial charge in [0.25, 0.3) is 0 Å². The van der Waals surface area contributed by atoms with Crippen molar-refractivity contribution in [1.29, 1.82) is 0 Å². The van der Waals surface area contributed by atoms with Crippen LogP contribution in [0.4, 0.5) is 0 Å². The molecular weight excluding hydrogens is 505 g/mol. The van der Waals surface area contributed by atoms with E-state index in [1.165, 1.54) is 0 Å². The molecule has 38 heavy (non-hydrogen) atoms. The molecule has 2 rings (SSSR count). The number of guanidine groups is 1. The number of nitrogens with one attached hydrogen (secondary N) is 3. The van der Waals surface area contributed by atoms with E-state index in [2.05, 4.69) is 43.3 Å². The SMILES string of the molecule is C=C(NCC(=O)NC(CN=C(N)N)C(=C)N1CCC(N)(C(=O)P)CC1)C(Cc1ccccc1)NC(=O)CN. The highest BCUT2D eigenvalue weighted by atomic mass is 31.0. The molecule has 13 heteroatoms. The number of likely N-dealkylation sites (tertiary alicyclic amines) is 1. The van der Waals surface area contributed by atoms with Gasteiger partial charge in [-0.05, 0) is 24.8 Å². The number of hydrogen-bond donors (Lipinski definition) is 7. The van der Waals surface area contributed by atoms with Crippen LogP contribution in [0.15, 0.2) is 59.9 Å². The van der Waals surface area contributed by atoms with Gasteiger partial charge in [0.2, 0.25) is 11.8 Å². The van der Waals surface area contributed by atoms with Crippen LogP contribution in [0.1, 0.15) is 18.4 Å². The summed E-state index contributed by atoms with van der Waals surface area (Å²) in [4.78, 5) is 42.7. The first-order chi connectivity index (χ1) is 17.9. The highest BCUT2D eigenvalue weighted by molar-refractivity contribution is 7.40. The van der Waals surface area contributed by atoms with Crippen LogP contribution in [-0.4, -0.2) is 78.5 Å². The summed E-state index contributed by atoms with van der Waals surface area (Å²) in [6.07, 6.45) is 1.38. The third-order valence-electron chi connectivity index (χ3n) is 6.45. The third-order valence-corrected chi connectivity index (χ3v) is 7.02. The molecule has 3 unspecified atom stereocenters. The number of carbonyl (C=O) groups is 3. The first kappa shape index (κ1) is 30.8. The van der Waals surface area contributed by atoms with Gasteiger partial charge in [0.15, 0.2) is 11.5 Å². The molecule has 2 amide bonds. The maximum atomic E-state index is 12.9. The molecule has 0 radical (unpaired) electrons. The van der Waals surface area contributed by atoms with Crippen LogP contribution in [-0.2, 0) is 20.8 Å². The van der Waals surface area contributed by atoms with E-state index in [9.17, 15) is 14.4 Å². The molecule has 0 aromatic heterocycles. The number of hydrogen-bond acceptors (Lipinski definition) is 8. The molecule has 1 aromatic carbocycles. The minimum absolute atomic E-state index is 0.0872. The van der Waals surface area contributed by atoms with E-state index in [0.717, 1.165) is 5.56 Å². The van der Waals surface area contributed by atoms with Crippen molar-refractivity contribution in [3.8, 4) is 0 Å². The Labute approximate surface area is 225 Å². The fourth-order valence-electron chi connectivity index (χ4n) is 4.02. The van der Waals surface area contributed by atoms with Crippen LogP contribution < -0.4 is 38.9 Å². The summed E-state index contributed by atoms with van der Waals surface area (Å²) in [7, 11) is 2.16. The maximum Gasteiger partial charge on any atom is 0.239 e. The molecule has 1 heterocycles. The zero-order valence-corrected chi connectivity index (χ0v) is 22.8. The van der Waals surface area contributed by atoms with E-state index < -0.39 is 17.6 Å². The number of rotatable bonds is 14. The van der Waals surface area contributed by atoms with Crippen LogP contribution in [0.2, 0.25) is 0 Å². The lowest BCUT2D eigenvalue weighted by Crippen LogP contribution is -2.55. The Morgan fingerprint density at radius 1 is 1.05 bits per heavy atom. The van der Waals surface area contributed by atoms with E-state index in [1.54, 1.807) is 0 Å². The Morgan fingerprint density at radius 2 is 1.66 bits per heavy atom. The molecule has 1 fully saturated rings. The predicted molar refractivity (Wildman–Crippen MR) is 152 cm³/mol. The Bertz CT molecular complexity index is 1040. The second kappa shape index (κ2) is 14.5. The Kier molecular flexibility index (Phi) is 11.7. The molecule has 3 atom stereocenters. The van der Waals surface area contributed by atoms with E-state index in [-0.39, 0.29) is 42.9 Å². The highest BCUT2D eigenvalue weighted by Gasteiger charge is 2.36. The molecule has 0 bridgehead atoms. The maximum absolute atomic E-state index is 12.9. The van der Waals surface area contributed by atoms with Gasteiger partial charge in [0.05, 0.1) is 37.3 Å². The fourth-order valence-corrected chi connectivity index (χ4v) is 4.31. The van der Waals surface area contributed by atoms with Crippen molar-refractivity contribution < 1.29 is 14.4 Å². The summed E-state index contributed by atoms with van der Waals surface area (Å²) >= 11 is 0. The van der Waals surface area contributed by atoms with Gasteiger partial charge in [-0.2, -0.15) is 0 Å². The van der Waals surface area contributed by atoms with Crippen molar-refractivity contribution in [2.24, 2.45) is 27.9 Å². The van der Waals surface area contributed by atoms with E-state index in [1.807, 2.05) is 35.2 Å². The molecule has 0 saturated carbocycles. The van der Waals surface area contributed by atoms with Crippen LogP contribution >= 0.6 is 9.24 Å². The van der Waals surface area contributed by atoms with Crippen molar-refractivity contribution in [2.45, 2.75) is 36.9 Å². The van der Waals surface area contributed by atoms with Gasteiger partial charge in [-0.25, -0.2) is 0 Å². The number of carbonyl (C=O) groups excluding carboxylic acids is 3. The molecule has 0 aliphatic carbocycles. The van der Waals surface area contributed by atoms with Gasteiger partial charge in [-0.1, -0.05) is 52.7 Å². The van der Waals surface area contributed by atoms with E-state index in [4.69, 9.17) is 22.9 Å². The molecule has 1 aliphatic rings. The highest BCUT2D eigenvalue weighted by Crippen LogP contribution is 2.26. The van der Waals surface area contributed by atoms with Gasteiger partial charge in [0, 0.05) is 24.5 Å². The van der Waals surface area contributed by atoms with Crippen molar-refractivity contribution in [3.63, 3.8) is 0 Å². The first-order valence-electron chi connectivity index (χ1n) is 12.3. The number of nitrogens with zero attached hydrogens (tertiary/aromatic N) is 2. The number of amides is 2. The van der Waals surface area contributed by atoms with Crippen molar-refractivity contribution in [1.82, 2.24) is 20.9 Å². The van der Waals surface area contributed by atoms with Gasteiger partial charge in [-0.15, -0.1) is 0 Å². The number of piperidine rings is 1. The first-order valence-corrected chi connectivity index (χ1v) is 12.9. The largest absolute Gasteiger partial charge is 0.378 e. The summed E-state index contributed by atoms with van der Waals surface area (Å²) in [6.45, 7) is 8.98. The lowest BCUT2D eigenvalue weighted by atomic mass is 9.89. The number of aliphatic imine (C=N–C) groups is 1. The molecule has 1 aliphatic heterocycles. The van der Waals surface area contributed by atoms with E-state index >= 15 is 0 Å². The smallest absolute Gasteiger partial charge is 0.239 e. The topological polar surface area (TPSA) is 207 Å². The summed E-state index contributed by atoms with van der Waals surface area (Å²) in [5, 5.41) is 8.72. The summed E-state index contributed by atoms with van der Waals surface area (Å²) in [5.41, 5.74) is 23.7. The summed E-state index contributed by atoms with van der Waals surface area (Å²) < 4.78 is 0. The second-order valence-corrected chi connectivity index (χ2v) is 9.80.